The molecule has 0 saturated carbocycles. The second-order valence-electron chi connectivity index (χ2n) is 7.49. The van der Waals surface area contributed by atoms with Crippen LogP contribution in [0.4, 0.5) is 5.69 Å². The number of carbonyl (C=O) groups is 1. The quantitative estimate of drug-likeness (QED) is 0.407. The minimum atomic E-state index is -0.393. The summed E-state index contributed by atoms with van der Waals surface area (Å²) in [6, 6.07) is 12.3. The smallest absolute Gasteiger partial charge is 0.261 e. The summed E-state index contributed by atoms with van der Waals surface area (Å²) >= 11 is 0. The minimum Gasteiger partial charge on any atom is -0.493 e. The van der Waals surface area contributed by atoms with Crippen LogP contribution in [-0.2, 0) is 0 Å². The first kappa shape index (κ1) is 22.3. The molecule has 9 heteroatoms. The molecule has 0 atom stereocenters. The molecule has 2 aromatic heterocycles. The van der Waals surface area contributed by atoms with E-state index < -0.39 is 5.91 Å². The molecule has 0 bridgehead atoms. The third kappa shape index (κ3) is 4.54. The molecule has 0 fully saturated rings. The summed E-state index contributed by atoms with van der Waals surface area (Å²) in [6.07, 6.45) is 1.44. The molecular weight excluding hydrogens is 422 g/mol. The molecule has 172 valence electrons. The number of para-hydroxylation sites is 1. The molecule has 2 aromatic carbocycles. The lowest BCUT2D eigenvalue weighted by atomic mass is 10.2. The SMILES string of the molecule is CCN(CC)CCOc1cc(NC(=O)c2cnn3c2[nH]c(=O)c2ccccc23)ccc1OC. The van der Waals surface area contributed by atoms with Gasteiger partial charge < -0.3 is 24.7 Å². The first-order valence-corrected chi connectivity index (χ1v) is 10.9. The Bertz CT molecular complexity index is 1340. The summed E-state index contributed by atoms with van der Waals surface area (Å²) in [7, 11) is 1.57. The summed E-state index contributed by atoms with van der Waals surface area (Å²) in [5.41, 5.74) is 1.49. The number of hydrogen-bond acceptors (Lipinski definition) is 6. The number of nitrogens with zero attached hydrogens (tertiary/aromatic N) is 3. The molecule has 0 radical (unpaired) electrons. The standard InChI is InChI=1S/C24H27N5O4/c1-4-28(5-2)12-13-33-21-14-16(10-11-20(21)32-3)26-24(31)18-15-25-29-19-9-7-6-8-17(19)23(30)27-22(18)29/h6-11,14-15H,4-5,12-13H2,1-3H3,(H,26,31)(H,27,30). The van der Waals surface area contributed by atoms with Gasteiger partial charge in [-0.25, -0.2) is 4.52 Å². The second-order valence-corrected chi connectivity index (χ2v) is 7.49. The van der Waals surface area contributed by atoms with Crippen molar-refractivity contribution >= 4 is 28.1 Å². The molecule has 9 nitrogen and oxygen atoms in total. The molecule has 0 spiro atoms. The van der Waals surface area contributed by atoms with Crippen molar-refractivity contribution in [3.05, 3.63) is 64.6 Å². The molecule has 2 N–H and O–H groups in total. The number of ether oxygens (including phenoxy) is 2. The van der Waals surface area contributed by atoms with Gasteiger partial charge in [-0.05, 0) is 37.4 Å². The van der Waals surface area contributed by atoms with Gasteiger partial charge in [0, 0.05) is 18.3 Å². The monoisotopic (exact) mass is 449 g/mol. The van der Waals surface area contributed by atoms with E-state index in [1.165, 1.54) is 6.20 Å². The number of anilines is 1. The van der Waals surface area contributed by atoms with E-state index in [2.05, 4.69) is 34.1 Å². The van der Waals surface area contributed by atoms with Crippen molar-refractivity contribution in [2.45, 2.75) is 13.8 Å². The summed E-state index contributed by atoms with van der Waals surface area (Å²) in [6.45, 7) is 7.40. The third-order valence-electron chi connectivity index (χ3n) is 5.60. The summed E-state index contributed by atoms with van der Waals surface area (Å²) in [5, 5.41) is 7.66. The number of aromatic nitrogens is 3. The Hall–Kier alpha value is -3.85. The van der Waals surface area contributed by atoms with Gasteiger partial charge in [-0.1, -0.05) is 26.0 Å². The average molecular weight is 450 g/mol. The van der Waals surface area contributed by atoms with E-state index in [9.17, 15) is 9.59 Å². The lowest BCUT2D eigenvalue weighted by Crippen LogP contribution is -2.28. The number of methoxy groups -OCH3 is 1. The molecule has 4 rings (SSSR count). The zero-order valence-corrected chi connectivity index (χ0v) is 18.9. The van der Waals surface area contributed by atoms with Crippen LogP contribution in [0.15, 0.2) is 53.5 Å². The molecule has 1 amide bonds. The number of amides is 1. The number of aromatic amines is 1. The molecule has 0 aliphatic carbocycles. The van der Waals surface area contributed by atoms with Crippen LogP contribution < -0.4 is 20.3 Å². The molecule has 2 heterocycles. The number of carbonyl (C=O) groups excluding carboxylic acids is 1. The highest BCUT2D eigenvalue weighted by molar-refractivity contribution is 6.08. The van der Waals surface area contributed by atoms with Crippen LogP contribution in [0.2, 0.25) is 0 Å². The average Bonchev–Trinajstić information content (AvgIpc) is 3.26. The molecular formula is C24H27N5O4. The van der Waals surface area contributed by atoms with Gasteiger partial charge in [-0.2, -0.15) is 5.10 Å². The fraction of sp³-hybridized carbons (Fsp3) is 0.292. The number of rotatable bonds is 9. The minimum absolute atomic E-state index is 0.262. The number of likely N-dealkylation sites (N-methyl/N-ethyl adjacent to an activating group) is 1. The van der Waals surface area contributed by atoms with E-state index >= 15 is 0 Å². The van der Waals surface area contributed by atoms with Gasteiger partial charge in [-0.3, -0.25) is 9.59 Å². The maximum absolute atomic E-state index is 13.0. The fourth-order valence-electron chi connectivity index (χ4n) is 3.73. The van der Waals surface area contributed by atoms with Gasteiger partial charge in [0.2, 0.25) is 0 Å². The topological polar surface area (TPSA) is 101 Å². The predicted molar refractivity (Wildman–Crippen MR) is 128 cm³/mol. The molecule has 0 unspecified atom stereocenters. The van der Waals surface area contributed by atoms with E-state index in [1.807, 2.05) is 6.07 Å². The second kappa shape index (κ2) is 9.74. The van der Waals surface area contributed by atoms with Crippen molar-refractivity contribution < 1.29 is 14.3 Å². The van der Waals surface area contributed by atoms with E-state index in [0.29, 0.717) is 40.3 Å². The lowest BCUT2D eigenvalue weighted by molar-refractivity contribution is 0.102. The fourth-order valence-corrected chi connectivity index (χ4v) is 3.73. The Balaban J connectivity index is 1.57. The van der Waals surface area contributed by atoms with Crippen molar-refractivity contribution in [2.75, 3.05) is 38.7 Å². The highest BCUT2D eigenvalue weighted by atomic mass is 16.5. The Morgan fingerprint density at radius 3 is 2.70 bits per heavy atom. The number of nitrogens with one attached hydrogen (secondary N) is 2. The number of fused-ring (bicyclic) bond motifs is 3. The van der Waals surface area contributed by atoms with E-state index in [0.717, 1.165) is 19.6 Å². The molecule has 0 aliphatic heterocycles. The Labute approximate surface area is 190 Å². The maximum atomic E-state index is 13.0. The number of H-pyrrole nitrogens is 1. The van der Waals surface area contributed by atoms with Crippen LogP contribution in [0.3, 0.4) is 0 Å². The van der Waals surface area contributed by atoms with Gasteiger partial charge in [0.05, 0.1) is 24.2 Å². The van der Waals surface area contributed by atoms with Crippen molar-refractivity contribution in [2.24, 2.45) is 0 Å². The zero-order valence-electron chi connectivity index (χ0n) is 18.9. The van der Waals surface area contributed by atoms with E-state index in [1.54, 1.807) is 48.0 Å². The van der Waals surface area contributed by atoms with Crippen LogP contribution in [-0.4, -0.2) is 58.8 Å². The van der Waals surface area contributed by atoms with Crippen molar-refractivity contribution in [3.8, 4) is 11.5 Å². The third-order valence-corrected chi connectivity index (χ3v) is 5.60. The first-order valence-electron chi connectivity index (χ1n) is 10.9. The Kier molecular flexibility index (Phi) is 6.60. The number of hydrogen-bond donors (Lipinski definition) is 2. The van der Waals surface area contributed by atoms with Crippen LogP contribution in [0, 0.1) is 0 Å². The van der Waals surface area contributed by atoms with Gasteiger partial charge in [0.1, 0.15) is 17.8 Å². The van der Waals surface area contributed by atoms with Crippen LogP contribution in [0.5, 0.6) is 11.5 Å². The molecule has 0 aliphatic rings. The molecule has 33 heavy (non-hydrogen) atoms. The number of benzene rings is 2. The normalized spacial score (nSPS) is 11.3. The van der Waals surface area contributed by atoms with Crippen LogP contribution in [0.25, 0.3) is 16.6 Å². The van der Waals surface area contributed by atoms with Crippen molar-refractivity contribution in [1.29, 1.82) is 0 Å². The maximum Gasteiger partial charge on any atom is 0.261 e. The summed E-state index contributed by atoms with van der Waals surface area (Å²) in [4.78, 5) is 30.5. The van der Waals surface area contributed by atoms with Gasteiger partial charge in [0.25, 0.3) is 11.5 Å². The van der Waals surface area contributed by atoms with Gasteiger partial charge in [0.15, 0.2) is 11.5 Å². The highest BCUT2D eigenvalue weighted by Gasteiger charge is 2.17. The Morgan fingerprint density at radius 2 is 1.94 bits per heavy atom. The highest BCUT2D eigenvalue weighted by Crippen LogP contribution is 2.30. The Morgan fingerprint density at radius 1 is 1.15 bits per heavy atom. The van der Waals surface area contributed by atoms with Gasteiger partial charge >= 0.3 is 0 Å². The van der Waals surface area contributed by atoms with E-state index in [4.69, 9.17) is 9.47 Å². The van der Waals surface area contributed by atoms with Crippen molar-refractivity contribution in [1.82, 2.24) is 19.5 Å². The zero-order chi connectivity index (χ0) is 23.4. The first-order chi connectivity index (χ1) is 16.0. The van der Waals surface area contributed by atoms with Crippen molar-refractivity contribution in [3.63, 3.8) is 0 Å². The predicted octanol–water partition coefficient (Wildman–Crippen LogP) is 3.16. The summed E-state index contributed by atoms with van der Waals surface area (Å²) < 4.78 is 12.9. The summed E-state index contributed by atoms with van der Waals surface area (Å²) in [5.74, 6) is 0.733. The lowest BCUT2D eigenvalue weighted by Gasteiger charge is -2.19. The van der Waals surface area contributed by atoms with Crippen LogP contribution >= 0.6 is 0 Å². The molecule has 0 saturated heterocycles. The molecule has 4 aromatic rings. The van der Waals surface area contributed by atoms with Crippen LogP contribution in [0.1, 0.15) is 24.2 Å². The largest absolute Gasteiger partial charge is 0.493 e. The van der Waals surface area contributed by atoms with E-state index in [-0.39, 0.29) is 11.1 Å². The van der Waals surface area contributed by atoms with Gasteiger partial charge in [-0.15, -0.1) is 0 Å².